The Bertz CT molecular complexity index is 485. The van der Waals surface area contributed by atoms with Gasteiger partial charge in [0.15, 0.2) is 0 Å². The minimum Gasteiger partial charge on any atom is -0.393 e. The highest BCUT2D eigenvalue weighted by Gasteiger charge is 2.39. The lowest BCUT2D eigenvalue weighted by molar-refractivity contribution is 0.0260. The Labute approximate surface area is 118 Å². The predicted molar refractivity (Wildman–Crippen MR) is 73.3 cm³/mol. The lowest BCUT2D eigenvalue weighted by Gasteiger charge is -2.39. The van der Waals surface area contributed by atoms with E-state index < -0.39 is 0 Å². The average Bonchev–Trinajstić information content (AvgIpc) is 3.07. The SMILES string of the molecule is Cc1cc(C(=O)N2CCCCC2C2CCCC2O)on1. The number of carbonyl (C=O) groups is 1. The number of likely N-dealkylation sites (tertiary alicyclic amines) is 1. The van der Waals surface area contributed by atoms with E-state index in [-0.39, 0.29) is 24.0 Å². The van der Waals surface area contributed by atoms with Gasteiger partial charge in [0.25, 0.3) is 5.91 Å². The summed E-state index contributed by atoms with van der Waals surface area (Å²) in [6.07, 6.45) is 5.83. The summed E-state index contributed by atoms with van der Waals surface area (Å²) in [4.78, 5) is 14.5. The van der Waals surface area contributed by atoms with Gasteiger partial charge in [-0.05, 0) is 39.0 Å². The van der Waals surface area contributed by atoms with E-state index in [1.165, 1.54) is 0 Å². The predicted octanol–water partition coefficient (Wildman–Crippen LogP) is 2.14. The van der Waals surface area contributed by atoms with E-state index in [2.05, 4.69) is 5.16 Å². The number of hydrogen-bond donors (Lipinski definition) is 1. The van der Waals surface area contributed by atoms with E-state index in [0.29, 0.717) is 5.76 Å². The van der Waals surface area contributed by atoms with Crippen molar-refractivity contribution in [3.8, 4) is 0 Å². The van der Waals surface area contributed by atoms with Crippen molar-refractivity contribution in [3.63, 3.8) is 0 Å². The van der Waals surface area contributed by atoms with Crippen LogP contribution in [0.25, 0.3) is 0 Å². The van der Waals surface area contributed by atoms with Crippen LogP contribution in [0.1, 0.15) is 54.8 Å². The summed E-state index contributed by atoms with van der Waals surface area (Å²) in [6, 6.07) is 1.85. The molecule has 1 aliphatic heterocycles. The Morgan fingerprint density at radius 3 is 2.85 bits per heavy atom. The van der Waals surface area contributed by atoms with E-state index in [4.69, 9.17) is 4.52 Å². The molecular weight excluding hydrogens is 256 g/mol. The molecule has 0 aromatic carbocycles. The van der Waals surface area contributed by atoms with Crippen LogP contribution in [0.4, 0.5) is 0 Å². The summed E-state index contributed by atoms with van der Waals surface area (Å²) < 4.78 is 5.11. The van der Waals surface area contributed by atoms with Gasteiger partial charge in [-0.3, -0.25) is 4.79 Å². The molecule has 1 aromatic heterocycles. The first-order valence-electron chi connectivity index (χ1n) is 7.59. The van der Waals surface area contributed by atoms with Crippen molar-refractivity contribution in [1.82, 2.24) is 10.1 Å². The van der Waals surface area contributed by atoms with Gasteiger partial charge in [0, 0.05) is 24.6 Å². The molecule has 20 heavy (non-hydrogen) atoms. The molecule has 0 spiro atoms. The number of aliphatic hydroxyl groups is 1. The molecule has 2 fully saturated rings. The van der Waals surface area contributed by atoms with Crippen molar-refractivity contribution < 1.29 is 14.4 Å². The third kappa shape index (κ3) is 2.46. The Balaban J connectivity index is 1.79. The van der Waals surface area contributed by atoms with Gasteiger partial charge in [-0.15, -0.1) is 0 Å². The van der Waals surface area contributed by atoms with Crippen LogP contribution in [0.3, 0.4) is 0 Å². The molecule has 5 nitrogen and oxygen atoms in total. The molecule has 0 bridgehead atoms. The standard InChI is InChI=1S/C15H22N2O3/c1-10-9-14(20-16-10)15(19)17-8-3-2-6-12(17)11-5-4-7-13(11)18/h9,11-13,18H,2-8H2,1H3. The van der Waals surface area contributed by atoms with Crippen LogP contribution in [0.15, 0.2) is 10.6 Å². The summed E-state index contributed by atoms with van der Waals surface area (Å²) >= 11 is 0. The second kappa shape index (κ2) is 5.56. The molecule has 3 rings (SSSR count). The molecule has 2 aliphatic rings. The van der Waals surface area contributed by atoms with Crippen molar-refractivity contribution in [2.45, 2.75) is 57.6 Å². The molecule has 1 amide bonds. The van der Waals surface area contributed by atoms with Crippen LogP contribution in [-0.4, -0.2) is 39.8 Å². The number of carbonyl (C=O) groups excluding carboxylic acids is 1. The quantitative estimate of drug-likeness (QED) is 0.900. The molecule has 1 aromatic rings. The van der Waals surface area contributed by atoms with Gasteiger partial charge in [-0.2, -0.15) is 0 Å². The molecule has 0 radical (unpaired) electrons. The lowest BCUT2D eigenvalue weighted by atomic mass is 9.87. The number of amides is 1. The van der Waals surface area contributed by atoms with Gasteiger partial charge < -0.3 is 14.5 Å². The maximum atomic E-state index is 12.6. The minimum absolute atomic E-state index is 0.0746. The summed E-state index contributed by atoms with van der Waals surface area (Å²) in [5.41, 5.74) is 0.725. The molecular formula is C15H22N2O3. The number of hydrogen-bond acceptors (Lipinski definition) is 4. The van der Waals surface area contributed by atoms with Crippen molar-refractivity contribution in [2.24, 2.45) is 5.92 Å². The third-order valence-electron chi connectivity index (χ3n) is 4.67. The Morgan fingerprint density at radius 1 is 1.35 bits per heavy atom. The molecule has 1 N–H and O–H groups in total. The van der Waals surface area contributed by atoms with Gasteiger partial charge in [0.05, 0.1) is 11.8 Å². The summed E-state index contributed by atoms with van der Waals surface area (Å²) in [6.45, 7) is 2.57. The van der Waals surface area contributed by atoms with Crippen molar-refractivity contribution >= 4 is 5.91 Å². The number of aromatic nitrogens is 1. The topological polar surface area (TPSA) is 66.6 Å². The van der Waals surface area contributed by atoms with Crippen LogP contribution in [0.5, 0.6) is 0 Å². The number of aryl methyl sites for hydroxylation is 1. The fourth-order valence-corrected chi connectivity index (χ4v) is 3.68. The summed E-state index contributed by atoms with van der Waals surface area (Å²) in [5.74, 6) is 0.472. The maximum absolute atomic E-state index is 12.6. The van der Waals surface area contributed by atoms with Crippen molar-refractivity contribution in [2.75, 3.05) is 6.54 Å². The van der Waals surface area contributed by atoms with Crippen molar-refractivity contribution in [3.05, 3.63) is 17.5 Å². The first kappa shape index (κ1) is 13.6. The molecule has 1 aliphatic carbocycles. The highest BCUT2D eigenvalue weighted by atomic mass is 16.5. The van der Waals surface area contributed by atoms with E-state index in [1.54, 1.807) is 6.07 Å². The number of rotatable bonds is 2. The number of piperidine rings is 1. The average molecular weight is 278 g/mol. The van der Waals surface area contributed by atoms with Crippen LogP contribution in [0, 0.1) is 12.8 Å². The number of nitrogens with zero attached hydrogens (tertiary/aromatic N) is 2. The Kier molecular flexibility index (Phi) is 3.78. The molecule has 2 heterocycles. The van der Waals surface area contributed by atoms with E-state index in [9.17, 15) is 9.90 Å². The molecule has 5 heteroatoms. The lowest BCUT2D eigenvalue weighted by Crippen LogP contribution is -2.49. The van der Waals surface area contributed by atoms with E-state index in [1.807, 2.05) is 11.8 Å². The fraction of sp³-hybridized carbons (Fsp3) is 0.733. The largest absolute Gasteiger partial charge is 0.393 e. The van der Waals surface area contributed by atoms with Gasteiger partial charge in [0.2, 0.25) is 5.76 Å². The van der Waals surface area contributed by atoms with Gasteiger partial charge in [-0.25, -0.2) is 0 Å². The zero-order chi connectivity index (χ0) is 14.1. The molecule has 110 valence electrons. The molecule has 1 saturated heterocycles. The van der Waals surface area contributed by atoms with Gasteiger partial charge >= 0.3 is 0 Å². The highest BCUT2D eigenvalue weighted by Crippen LogP contribution is 2.35. The Hall–Kier alpha value is -1.36. The fourth-order valence-electron chi connectivity index (χ4n) is 3.68. The first-order valence-corrected chi connectivity index (χ1v) is 7.59. The molecule has 3 unspecified atom stereocenters. The first-order chi connectivity index (χ1) is 9.66. The van der Waals surface area contributed by atoms with Crippen molar-refractivity contribution in [1.29, 1.82) is 0 Å². The summed E-state index contributed by atoms with van der Waals surface area (Å²) in [7, 11) is 0. The van der Waals surface area contributed by atoms with Gasteiger partial charge in [0.1, 0.15) is 0 Å². The van der Waals surface area contributed by atoms with Crippen LogP contribution >= 0.6 is 0 Å². The summed E-state index contributed by atoms with van der Waals surface area (Å²) in [5, 5.41) is 13.9. The minimum atomic E-state index is -0.259. The van der Waals surface area contributed by atoms with Crippen LogP contribution in [-0.2, 0) is 0 Å². The van der Waals surface area contributed by atoms with Gasteiger partial charge in [-0.1, -0.05) is 11.6 Å². The molecule has 3 atom stereocenters. The zero-order valence-electron chi connectivity index (χ0n) is 11.9. The second-order valence-electron chi connectivity index (χ2n) is 6.06. The van der Waals surface area contributed by atoms with E-state index >= 15 is 0 Å². The Morgan fingerprint density at radius 2 is 2.20 bits per heavy atom. The van der Waals surface area contributed by atoms with Crippen LogP contribution in [0.2, 0.25) is 0 Å². The molecule has 1 saturated carbocycles. The second-order valence-corrected chi connectivity index (χ2v) is 6.06. The number of aliphatic hydroxyl groups excluding tert-OH is 1. The smallest absolute Gasteiger partial charge is 0.292 e. The zero-order valence-corrected chi connectivity index (χ0v) is 11.9. The normalized spacial score (nSPS) is 30.7. The maximum Gasteiger partial charge on any atom is 0.292 e. The van der Waals surface area contributed by atoms with E-state index in [0.717, 1.165) is 50.8 Å². The monoisotopic (exact) mass is 278 g/mol. The highest BCUT2D eigenvalue weighted by molar-refractivity contribution is 5.91. The van der Waals surface area contributed by atoms with Crippen LogP contribution < -0.4 is 0 Å². The third-order valence-corrected chi connectivity index (χ3v) is 4.67.